The molecule has 0 bridgehead atoms. The molecule has 0 aromatic rings. The topological polar surface area (TPSA) is 27.7 Å². The third kappa shape index (κ3) is 3.69. The van der Waals surface area contributed by atoms with Crippen molar-refractivity contribution < 1.29 is 4.74 Å². The Balaban J connectivity index is 1.40. The summed E-state index contributed by atoms with van der Waals surface area (Å²) in [6.45, 7) is 9.12. The third-order valence-electron chi connectivity index (χ3n) is 5.03. The molecule has 2 heterocycles. The Kier molecular flexibility index (Phi) is 5.10. The Bertz CT molecular complexity index is 266. The van der Waals surface area contributed by atoms with Crippen LogP contribution in [-0.2, 0) is 4.74 Å². The second-order valence-electron chi connectivity index (χ2n) is 6.26. The highest BCUT2D eigenvalue weighted by molar-refractivity contribution is 4.92. The third-order valence-corrected chi connectivity index (χ3v) is 5.03. The van der Waals surface area contributed by atoms with Crippen molar-refractivity contribution in [2.75, 3.05) is 52.5 Å². The number of ether oxygens (including phenoxy) is 1. The SMILES string of the molecule is C1CCC2C(C1)NCCN2CCCN1CCOCC1. The van der Waals surface area contributed by atoms with E-state index in [0.717, 1.165) is 38.4 Å². The first kappa shape index (κ1) is 13.8. The van der Waals surface area contributed by atoms with Crippen LogP contribution in [-0.4, -0.2) is 74.4 Å². The molecule has 1 N–H and O–H groups in total. The molecule has 0 aromatic heterocycles. The maximum atomic E-state index is 5.41. The van der Waals surface area contributed by atoms with Gasteiger partial charge in [0, 0.05) is 38.3 Å². The summed E-state index contributed by atoms with van der Waals surface area (Å²) in [5.41, 5.74) is 0. The zero-order valence-corrected chi connectivity index (χ0v) is 12.1. The molecule has 3 fully saturated rings. The minimum atomic E-state index is 0.783. The fourth-order valence-corrected chi connectivity index (χ4v) is 3.95. The van der Waals surface area contributed by atoms with Gasteiger partial charge in [0.15, 0.2) is 0 Å². The Morgan fingerprint density at radius 1 is 1.00 bits per heavy atom. The molecule has 3 rings (SSSR count). The molecule has 2 saturated heterocycles. The lowest BCUT2D eigenvalue weighted by Gasteiger charge is -2.45. The normalized spacial score (nSPS) is 34.1. The van der Waals surface area contributed by atoms with E-state index in [4.69, 9.17) is 4.74 Å². The van der Waals surface area contributed by atoms with Gasteiger partial charge in [0.05, 0.1) is 13.2 Å². The average Bonchev–Trinajstić information content (AvgIpc) is 2.49. The summed E-state index contributed by atoms with van der Waals surface area (Å²) >= 11 is 0. The Hall–Kier alpha value is -0.160. The van der Waals surface area contributed by atoms with Gasteiger partial charge >= 0.3 is 0 Å². The number of morpholine rings is 1. The maximum absolute atomic E-state index is 5.41. The summed E-state index contributed by atoms with van der Waals surface area (Å²) in [6.07, 6.45) is 6.99. The number of fused-ring (bicyclic) bond motifs is 1. The van der Waals surface area contributed by atoms with Crippen LogP contribution in [0.15, 0.2) is 0 Å². The van der Waals surface area contributed by atoms with Crippen molar-refractivity contribution in [3.63, 3.8) is 0 Å². The molecule has 4 heteroatoms. The average molecular weight is 267 g/mol. The highest BCUT2D eigenvalue weighted by Crippen LogP contribution is 2.25. The largest absolute Gasteiger partial charge is 0.379 e. The molecule has 0 spiro atoms. The van der Waals surface area contributed by atoms with Crippen molar-refractivity contribution in [2.24, 2.45) is 0 Å². The second-order valence-corrected chi connectivity index (χ2v) is 6.26. The number of rotatable bonds is 4. The van der Waals surface area contributed by atoms with Crippen LogP contribution in [0.2, 0.25) is 0 Å². The van der Waals surface area contributed by atoms with E-state index in [2.05, 4.69) is 15.1 Å². The summed E-state index contributed by atoms with van der Waals surface area (Å²) in [5, 5.41) is 3.72. The summed E-state index contributed by atoms with van der Waals surface area (Å²) < 4.78 is 5.41. The predicted molar refractivity (Wildman–Crippen MR) is 77.5 cm³/mol. The molecular weight excluding hydrogens is 238 g/mol. The number of nitrogens with one attached hydrogen (secondary N) is 1. The fourth-order valence-electron chi connectivity index (χ4n) is 3.95. The summed E-state index contributed by atoms with van der Waals surface area (Å²) in [5.74, 6) is 0. The van der Waals surface area contributed by atoms with Crippen LogP contribution in [0.1, 0.15) is 32.1 Å². The summed E-state index contributed by atoms with van der Waals surface area (Å²) in [6, 6.07) is 1.61. The summed E-state index contributed by atoms with van der Waals surface area (Å²) in [4.78, 5) is 5.32. The van der Waals surface area contributed by atoms with E-state index in [1.807, 2.05) is 0 Å². The zero-order valence-electron chi connectivity index (χ0n) is 12.1. The highest BCUT2D eigenvalue weighted by atomic mass is 16.5. The van der Waals surface area contributed by atoms with Gasteiger partial charge in [-0.25, -0.2) is 0 Å². The number of nitrogens with zero attached hydrogens (tertiary/aromatic N) is 2. The highest BCUT2D eigenvalue weighted by Gasteiger charge is 2.32. The van der Waals surface area contributed by atoms with E-state index in [-0.39, 0.29) is 0 Å². The molecule has 0 aromatic carbocycles. The van der Waals surface area contributed by atoms with Gasteiger partial charge in [-0.2, -0.15) is 0 Å². The van der Waals surface area contributed by atoms with E-state index >= 15 is 0 Å². The number of hydrogen-bond donors (Lipinski definition) is 1. The monoisotopic (exact) mass is 267 g/mol. The van der Waals surface area contributed by atoms with E-state index in [0.29, 0.717) is 0 Å². The van der Waals surface area contributed by atoms with Crippen molar-refractivity contribution in [3.05, 3.63) is 0 Å². The van der Waals surface area contributed by atoms with Crippen LogP contribution in [0.25, 0.3) is 0 Å². The van der Waals surface area contributed by atoms with E-state index in [1.54, 1.807) is 0 Å². The molecule has 19 heavy (non-hydrogen) atoms. The summed E-state index contributed by atoms with van der Waals surface area (Å²) in [7, 11) is 0. The molecule has 2 unspecified atom stereocenters. The minimum absolute atomic E-state index is 0.783. The first-order chi connectivity index (χ1) is 9.43. The number of hydrogen-bond acceptors (Lipinski definition) is 4. The molecule has 110 valence electrons. The lowest BCUT2D eigenvalue weighted by atomic mass is 9.87. The van der Waals surface area contributed by atoms with Crippen molar-refractivity contribution in [1.82, 2.24) is 15.1 Å². The van der Waals surface area contributed by atoms with Crippen molar-refractivity contribution in [2.45, 2.75) is 44.2 Å². The van der Waals surface area contributed by atoms with Gasteiger partial charge in [-0.1, -0.05) is 12.8 Å². The smallest absolute Gasteiger partial charge is 0.0594 e. The Labute approximate surface area is 117 Å². The molecule has 4 nitrogen and oxygen atoms in total. The molecule has 0 amide bonds. The van der Waals surface area contributed by atoms with Crippen molar-refractivity contribution in [1.29, 1.82) is 0 Å². The molecule has 1 aliphatic carbocycles. The minimum Gasteiger partial charge on any atom is -0.379 e. The van der Waals surface area contributed by atoms with Crippen LogP contribution in [0.5, 0.6) is 0 Å². The van der Waals surface area contributed by atoms with Gasteiger partial charge in [-0.3, -0.25) is 9.80 Å². The molecular formula is C15H29N3O. The zero-order chi connectivity index (χ0) is 12.9. The second kappa shape index (κ2) is 7.02. The fraction of sp³-hybridized carbons (Fsp3) is 1.00. The van der Waals surface area contributed by atoms with Gasteiger partial charge in [0.25, 0.3) is 0 Å². The molecule has 2 aliphatic heterocycles. The van der Waals surface area contributed by atoms with Gasteiger partial charge < -0.3 is 10.1 Å². The number of piperazine rings is 1. The van der Waals surface area contributed by atoms with Crippen LogP contribution in [0, 0.1) is 0 Å². The van der Waals surface area contributed by atoms with Gasteiger partial charge in [-0.05, 0) is 32.4 Å². The first-order valence-electron chi connectivity index (χ1n) is 8.21. The van der Waals surface area contributed by atoms with E-state index in [9.17, 15) is 0 Å². The van der Waals surface area contributed by atoms with E-state index < -0.39 is 0 Å². The maximum Gasteiger partial charge on any atom is 0.0594 e. The van der Waals surface area contributed by atoms with Gasteiger partial charge in [0.2, 0.25) is 0 Å². The van der Waals surface area contributed by atoms with Crippen LogP contribution >= 0.6 is 0 Å². The Morgan fingerprint density at radius 2 is 1.84 bits per heavy atom. The van der Waals surface area contributed by atoms with Crippen LogP contribution < -0.4 is 5.32 Å². The molecule has 1 saturated carbocycles. The van der Waals surface area contributed by atoms with E-state index in [1.165, 1.54) is 58.3 Å². The van der Waals surface area contributed by atoms with Crippen molar-refractivity contribution in [3.8, 4) is 0 Å². The molecule has 2 atom stereocenters. The van der Waals surface area contributed by atoms with Crippen LogP contribution in [0.4, 0.5) is 0 Å². The first-order valence-corrected chi connectivity index (χ1v) is 8.21. The quantitative estimate of drug-likeness (QED) is 0.820. The van der Waals surface area contributed by atoms with Gasteiger partial charge in [0.1, 0.15) is 0 Å². The van der Waals surface area contributed by atoms with Crippen molar-refractivity contribution >= 4 is 0 Å². The standard InChI is InChI=1S/C15H29N3O/c1-2-5-15-14(4-1)16-6-9-18(15)8-3-7-17-10-12-19-13-11-17/h14-16H,1-13H2. The molecule has 0 radical (unpaired) electrons. The lowest BCUT2D eigenvalue weighted by molar-refractivity contribution is 0.0325. The Morgan fingerprint density at radius 3 is 2.74 bits per heavy atom. The lowest BCUT2D eigenvalue weighted by Crippen LogP contribution is -2.59. The molecule has 3 aliphatic rings. The predicted octanol–water partition coefficient (Wildman–Crippen LogP) is 0.925. The van der Waals surface area contributed by atoms with Crippen LogP contribution in [0.3, 0.4) is 0 Å². The van der Waals surface area contributed by atoms with Gasteiger partial charge in [-0.15, -0.1) is 0 Å².